The van der Waals surface area contributed by atoms with Crippen molar-refractivity contribution < 1.29 is 9.47 Å². The third-order valence-electron chi connectivity index (χ3n) is 2.44. The SMILES string of the molecule is C=C(Cl)CN=C(N)Nc1ccc2c(c1)OCCCO2.I. The Balaban J connectivity index is 0.00000200. The predicted octanol–water partition coefficient (Wildman–Crippen LogP) is 2.95. The van der Waals surface area contributed by atoms with Gasteiger partial charge in [-0.1, -0.05) is 18.2 Å². The molecule has 20 heavy (non-hydrogen) atoms. The van der Waals surface area contributed by atoms with Crippen LogP contribution in [-0.4, -0.2) is 25.7 Å². The number of halogens is 2. The van der Waals surface area contributed by atoms with Gasteiger partial charge >= 0.3 is 0 Å². The van der Waals surface area contributed by atoms with Gasteiger partial charge in [-0.2, -0.15) is 0 Å². The van der Waals surface area contributed by atoms with E-state index < -0.39 is 0 Å². The maximum atomic E-state index is 5.73. The van der Waals surface area contributed by atoms with Crippen LogP contribution in [0.3, 0.4) is 0 Å². The third kappa shape index (κ3) is 5.09. The molecule has 1 aliphatic rings. The highest BCUT2D eigenvalue weighted by Gasteiger charge is 2.10. The van der Waals surface area contributed by atoms with Crippen molar-refractivity contribution in [2.75, 3.05) is 25.1 Å². The fraction of sp³-hybridized carbons (Fsp3) is 0.308. The molecule has 0 bridgehead atoms. The van der Waals surface area contributed by atoms with Crippen LogP contribution >= 0.6 is 35.6 Å². The number of fused-ring (bicyclic) bond motifs is 1. The molecule has 1 aromatic rings. The summed E-state index contributed by atoms with van der Waals surface area (Å²) in [6.07, 6.45) is 0.874. The highest BCUT2D eigenvalue weighted by atomic mass is 127. The number of benzene rings is 1. The quantitative estimate of drug-likeness (QED) is 0.457. The summed E-state index contributed by atoms with van der Waals surface area (Å²) in [6, 6.07) is 5.53. The number of nitrogens with two attached hydrogens (primary N) is 1. The average Bonchev–Trinajstić information content (AvgIpc) is 2.61. The molecule has 0 saturated carbocycles. The number of hydrogen-bond acceptors (Lipinski definition) is 3. The Bertz CT molecular complexity index is 508. The summed E-state index contributed by atoms with van der Waals surface area (Å²) in [6.45, 7) is 5.14. The molecule has 110 valence electrons. The van der Waals surface area contributed by atoms with Crippen LogP contribution in [0, 0.1) is 0 Å². The van der Waals surface area contributed by atoms with Crippen molar-refractivity contribution in [1.29, 1.82) is 0 Å². The molecule has 0 atom stereocenters. The second-order valence-electron chi connectivity index (χ2n) is 4.06. The van der Waals surface area contributed by atoms with Crippen LogP contribution in [0.25, 0.3) is 0 Å². The molecule has 0 amide bonds. The van der Waals surface area contributed by atoms with E-state index >= 15 is 0 Å². The van der Waals surface area contributed by atoms with Gasteiger partial charge in [-0.25, -0.2) is 4.99 Å². The molecule has 0 saturated heterocycles. The zero-order valence-corrected chi connectivity index (χ0v) is 14.0. The van der Waals surface area contributed by atoms with E-state index in [0.717, 1.165) is 17.9 Å². The van der Waals surface area contributed by atoms with Gasteiger partial charge < -0.3 is 20.5 Å². The van der Waals surface area contributed by atoms with Crippen LogP contribution in [0.2, 0.25) is 0 Å². The second-order valence-corrected chi connectivity index (χ2v) is 4.59. The van der Waals surface area contributed by atoms with Crippen molar-refractivity contribution in [3.8, 4) is 11.5 Å². The standard InChI is InChI=1S/C13H16ClN3O2.HI/c1-9(14)8-16-13(15)17-10-3-4-11-12(7-10)19-6-2-5-18-11;/h3-4,7H,1-2,5-6,8H2,(H3,15,16,17);1H. The van der Waals surface area contributed by atoms with Crippen molar-refractivity contribution in [3.63, 3.8) is 0 Å². The maximum Gasteiger partial charge on any atom is 0.193 e. The first-order valence-electron chi connectivity index (χ1n) is 5.95. The zero-order valence-electron chi connectivity index (χ0n) is 10.9. The summed E-state index contributed by atoms with van der Waals surface area (Å²) in [7, 11) is 0. The molecule has 1 heterocycles. The largest absolute Gasteiger partial charge is 0.490 e. The summed E-state index contributed by atoms with van der Waals surface area (Å²) in [4.78, 5) is 4.03. The van der Waals surface area contributed by atoms with Crippen LogP contribution in [0.15, 0.2) is 34.8 Å². The average molecular weight is 410 g/mol. The Morgan fingerprint density at radius 2 is 2.05 bits per heavy atom. The van der Waals surface area contributed by atoms with Gasteiger partial charge in [-0.3, -0.25) is 0 Å². The van der Waals surface area contributed by atoms with E-state index in [9.17, 15) is 0 Å². The molecule has 1 aliphatic heterocycles. The van der Waals surface area contributed by atoms with Gasteiger partial charge in [0, 0.05) is 23.2 Å². The van der Waals surface area contributed by atoms with Crippen molar-refractivity contribution in [2.45, 2.75) is 6.42 Å². The lowest BCUT2D eigenvalue weighted by molar-refractivity contribution is 0.297. The van der Waals surface area contributed by atoms with Gasteiger partial charge in [-0.15, -0.1) is 24.0 Å². The first kappa shape index (κ1) is 16.9. The second kappa shape index (κ2) is 8.21. The lowest BCUT2D eigenvalue weighted by atomic mass is 10.3. The first-order valence-corrected chi connectivity index (χ1v) is 6.33. The number of rotatable bonds is 3. The first-order chi connectivity index (χ1) is 9.15. The van der Waals surface area contributed by atoms with Crippen molar-refractivity contribution in [3.05, 3.63) is 29.8 Å². The molecule has 0 unspecified atom stereocenters. The van der Waals surface area contributed by atoms with E-state index in [2.05, 4.69) is 16.9 Å². The zero-order chi connectivity index (χ0) is 13.7. The molecular formula is C13H17ClIN3O2. The Morgan fingerprint density at radius 1 is 1.35 bits per heavy atom. The van der Waals surface area contributed by atoms with E-state index in [0.29, 0.717) is 24.0 Å². The normalized spacial score (nSPS) is 13.9. The molecule has 0 fully saturated rings. The lowest BCUT2D eigenvalue weighted by Crippen LogP contribution is -2.22. The monoisotopic (exact) mass is 409 g/mol. The van der Waals surface area contributed by atoms with E-state index in [-0.39, 0.29) is 36.5 Å². The van der Waals surface area contributed by atoms with Crippen molar-refractivity contribution in [1.82, 2.24) is 0 Å². The van der Waals surface area contributed by atoms with Crippen LogP contribution in [0.1, 0.15) is 6.42 Å². The van der Waals surface area contributed by atoms with Gasteiger partial charge in [0.1, 0.15) is 0 Å². The minimum atomic E-state index is 0. The van der Waals surface area contributed by atoms with Crippen LogP contribution in [0.4, 0.5) is 5.69 Å². The van der Waals surface area contributed by atoms with E-state index in [1.165, 1.54) is 0 Å². The summed E-state index contributed by atoms with van der Waals surface area (Å²) < 4.78 is 11.1. The smallest absolute Gasteiger partial charge is 0.193 e. The van der Waals surface area contributed by atoms with Crippen molar-refractivity contribution in [2.24, 2.45) is 10.7 Å². The number of aliphatic imine (C=N–C) groups is 1. The summed E-state index contributed by atoms with van der Waals surface area (Å²) in [5.74, 6) is 1.72. The number of guanidine groups is 1. The lowest BCUT2D eigenvalue weighted by Gasteiger charge is -2.10. The molecule has 1 aromatic carbocycles. The van der Waals surface area contributed by atoms with Crippen LogP contribution in [-0.2, 0) is 0 Å². The van der Waals surface area contributed by atoms with Crippen molar-refractivity contribution >= 4 is 47.2 Å². The topological polar surface area (TPSA) is 68.9 Å². The molecule has 3 N–H and O–H groups in total. The molecule has 0 spiro atoms. The molecule has 2 rings (SSSR count). The molecular weight excluding hydrogens is 393 g/mol. The Morgan fingerprint density at radius 3 is 2.75 bits per heavy atom. The predicted molar refractivity (Wildman–Crippen MR) is 92.6 cm³/mol. The highest BCUT2D eigenvalue weighted by Crippen LogP contribution is 2.32. The van der Waals surface area contributed by atoms with Gasteiger partial charge in [0.15, 0.2) is 17.5 Å². The number of anilines is 1. The minimum Gasteiger partial charge on any atom is -0.490 e. The Kier molecular flexibility index (Phi) is 6.94. The number of nitrogens with zero attached hydrogens (tertiary/aromatic N) is 1. The molecule has 7 heteroatoms. The van der Waals surface area contributed by atoms with E-state index in [1.807, 2.05) is 18.2 Å². The number of ether oxygens (including phenoxy) is 2. The molecule has 5 nitrogen and oxygen atoms in total. The number of hydrogen-bond donors (Lipinski definition) is 2. The maximum absolute atomic E-state index is 5.73. The summed E-state index contributed by atoms with van der Waals surface area (Å²) in [5.41, 5.74) is 6.51. The van der Waals surface area contributed by atoms with Gasteiger partial charge in [0.25, 0.3) is 0 Å². The summed E-state index contributed by atoms with van der Waals surface area (Å²) in [5, 5.41) is 3.39. The Labute approximate surface area is 140 Å². The fourth-order valence-corrected chi connectivity index (χ4v) is 1.66. The molecule has 0 aromatic heterocycles. The summed E-state index contributed by atoms with van der Waals surface area (Å²) >= 11 is 5.62. The van der Waals surface area contributed by atoms with Gasteiger partial charge in [0.2, 0.25) is 0 Å². The number of nitrogens with one attached hydrogen (secondary N) is 1. The van der Waals surface area contributed by atoms with Crippen LogP contribution < -0.4 is 20.5 Å². The van der Waals surface area contributed by atoms with Crippen LogP contribution in [0.5, 0.6) is 11.5 Å². The third-order valence-corrected chi connectivity index (χ3v) is 2.56. The van der Waals surface area contributed by atoms with E-state index in [4.69, 9.17) is 26.8 Å². The fourth-order valence-electron chi connectivity index (χ4n) is 1.60. The molecule has 0 radical (unpaired) electrons. The highest BCUT2D eigenvalue weighted by molar-refractivity contribution is 14.0. The van der Waals surface area contributed by atoms with Gasteiger partial charge in [-0.05, 0) is 12.1 Å². The molecule has 0 aliphatic carbocycles. The Hall–Kier alpha value is -1.15. The minimum absolute atomic E-state index is 0. The van der Waals surface area contributed by atoms with Gasteiger partial charge in [0.05, 0.1) is 19.8 Å². The van der Waals surface area contributed by atoms with E-state index in [1.54, 1.807) is 0 Å².